The maximum atomic E-state index is 8.62. The van der Waals surface area contributed by atoms with E-state index in [0.717, 1.165) is 39.3 Å². The van der Waals surface area contributed by atoms with E-state index in [1.165, 1.54) is 0 Å². The van der Waals surface area contributed by atoms with Crippen LogP contribution in [0.1, 0.15) is 13.8 Å². The molecule has 0 radical (unpaired) electrons. The first-order chi connectivity index (χ1) is 7.26. The van der Waals surface area contributed by atoms with Crippen molar-refractivity contribution < 1.29 is 4.74 Å². The van der Waals surface area contributed by atoms with Gasteiger partial charge in [0.25, 0.3) is 0 Å². The summed E-state index contributed by atoms with van der Waals surface area (Å²) in [6.45, 7) is 9.67. The number of ether oxygens (including phenoxy) is 1. The van der Waals surface area contributed by atoms with Crippen LogP contribution in [-0.4, -0.2) is 50.3 Å². The van der Waals surface area contributed by atoms with Crippen LogP contribution >= 0.6 is 0 Å². The van der Waals surface area contributed by atoms with E-state index in [-0.39, 0.29) is 12.0 Å². The minimum absolute atomic E-state index is 0.0795. The third-order valence-corrected chi connectivity index (χ3v) is 2.71. The summed E-state index contributed by atoms with van der Waals surface area (Å²) in [5.41, 5.74) is 0. The van der Waals surface area contributed by atoms with Gasteiger partial charge in [-0.3, -0.25) is 4.90 Å². The molecule has 0 amide bonds. The largest absolute Gasteiger partial charge is 0.374 e. The molecule has 0 spiro atoms. The molecule has 1 saturated heterocycles. The summed E-state index contributed by atoms with van der Waals surface area (Å²) < 4.78 is 5.64. The topological polar surface area (TPSA) is 48.3 Å². The fraction of sp³-hybridized carbons (Fsp3) is 0.909. The number of nitrogens with one attached hydrogen (secondary N) is 1. The quantitative estimate of drug-likeness (QED) is 0.717. The third-order valence-electron chi connectivity index (χ3n) is 2.71. The molecule has 1 rings (SSSR count). The molecule has 0 aliphatic carbocycles. The Morgan fingerprint density at radius 2 is 2.47 bits per heavy atom. The Morgan fingerprint density at radius 3 is 3.13 bits per heavy atom. The minimum atomic E-state index is 0.0795. The van der Waals surface area contributed by atoms with Crippen LogP contribution in [-0.2, 0) is 4.74 Å². The molecule has 1 aliphatic rings. The lowest BCUT2D eigenvalue weighted by Crippen LogP contribution is -2.46. The van der Waals surface area contributed by atoms with Crippen molar-refractivity contribution in [1.82, 2.24) is 10.2 Å². The van der Waals surface area contributed by atoms with Gasteiger partial charge in [-0.05, 0) is 13.5 Å². The Hall–Kier alpha value is -0.630. The SMILES string of the molecule is CCN1CCOC(CNCC(C)C#N)C1. The van der Waals surface area contributed by atoms with Gasteiger partial charge in [-0.15, -0.1) is 0 Å². The Morgan fingerprint density at radius 1 is 1.67 bits per heavy atom. The summed E-state index contributed by atoms with van der Waals surface area (Å²) in [7, 11) is 0. The zero-order chi connectivity index (χ0) is 11.1. The zero-order valence-electron chi connectivity index (χ0n) is 9.70. The molecule has 1 heterocycles. The maximum Gasteiger partial charge on any atom is 0.0826 e. The Bertz CT molecular complexity index is 214. The van der Waals surface area contributed by atoms with Crippen molar-refractivity contribution >= 4 is 0 Å². The van der Waals surface area contributed by atoms with Gasteiger partial charge in [0.05, 0.1) is 24.7 Å². The summed E-state index contributed by atoms with van der Waals surface area (Å²) in [6, 6.07) is 2.21. The Kier molecular flexibility index (Phi) is 5.62. The molecule has 4 nitrogen and oxygen atoms in total. The fourth-order valence-electron chi connectivity index (χ4n) is 1.70. The lowest BCUT2D eigenvalue weighted by atomic mass is 10.2. The molecule has 2 unspecified atom stereocenters. The van der Waals surface area contributed by atoms with Crippen LogP contribution in [0.15, 0.2) is 0 Å². The summed E-state index contributed by atoms with van der Waals surface area (Å²) >= 11 is 0. The Labute approximate surface area is 92.2 Å². The first-order valence-electron chi connectivity index (χ1n) is 5.70. The first kappa shape index (κ1) is 12.4. The molecule has 15 heavy (non-hydrogen) atoms. The summed E-state index contributed by atoms with van der Waals surface area (Å²) in [5.74, 6) is 0.0795. The van der Waals surface area contributed by atoms with Crippen LogP contribution in [0.5, 0.6) is 0 Å². The van der Waals surface area contributed by atoms with Crippen LogP contribution in [0.2, 0.25) is 0 Å². The van der Waals surface area contributed by atoms with E-state index in [0.29, 0.717) is 0 Å². The standard InChI is InChI=1S/C11H21N3O/c1-3-14-4-5-15-11(9-14)8-13-7-10(2)6-12/h10-11,13H,3-5,7-9H2,1-2H3. The highest BCUT2D eigenvalue weighted by molar-refractivity contribution is 4.81. The molecule has 0 aromatic rings. The predicted octanol–water partition coefficient (Wildman–Crippen LogP) is 0.456. The molecule has 86 valence electrons. The smallest absolute Gasteiger partial charge is 0.0826 e. The van der Waals surface area contributed by atoms with Crippen molar-refractivity contribution in [2.45, 2.75) is 20.0 Å². The van der Waals surface area contributed by atoms with Crippen LogP contribution in [0.3, 0.4) is 0 Å². The van der Waals surface area contributed by atoms with Crippen LogP contribution in [0.25, 0.3) is 0 Å². The number of morpholine rings is 1. The van der Waals surface area contributed by atoms with Crippen LogP contribution in [0.4, 0.5) is 0 Å². The molecule has 1 N–H and O–H groups in total. The van der Waals surface area contributed by atoms with E-state index >= 15 is 0 Å². The van der Waals surface area contributed by atoms with E-state index in [9.17, 15) is 0 Å². The summed E-state index contributed by atoms with van der Waals surface area (Å²) in [5, 5.41) is 11.9. The molecular weight excluding hydrogens is 190 g/mol. The van der Waals surface area contributed by atoms with E-state index in [1.807, 2.05) is 6.92 Å². The second-order valence-corrected chi connectivity index (χ2v) is 4.07. The second kappa shape index (κ2) is 6.78. The van der Waals surface area contributed by atoms with E-state index in [4.69, 9.17) is 10.00 Å². The normalized spacial score (nSPS) is 24.7. The lowest BCUT2D eigenvalue weighted by molar-refractivity contribution is -0.0253. The van der Waals surface area contributed by atoms with Gasteiger partial charge in [-0.1, -0.05) is 6.92 Å². The number of hydrogen-bond donors (Lipinski definition) is 1. The Balaban J connectivity index is 2.13. The fourth-order valence-corrected chi connectivity index (χ4v) is 1.70. The zero-order valence-corrected chi connectivity index (χ0v) is 9.70. The summed E-state index contributed by atoms with van der Waals surface area (Å²) in [4.78, 5) is 2.39. The van der Waals surface area contributed by atoms with Gasteiger partial charge < -0.3 is 10.1 Å². The van der Waals surface area contributed by atoms with Crippen molar-refractivity contribution in [3.05, 3.63) is 0 Å². The maximum absolute atomic E-state index is 8.62. The molecule has 0 aromatic carbocycles. The van der Waals surface area contributed by atoms with Gasteiger partial charge in [0, 0.05) is 26.2 Å². The number of hydrogen-bond acceptors (Lipinski definition) is 4. The molecule has 1 fully saturated rings. The highest BCUT2D eigenvalue weighted by Crippen LogP contribution is 2.03. The number of nitrogens with zero attached hydrogens (tertiary/aromatic N) is 2. The average molecular weight is 211 g/mol. The van der Waals surface area contributed by atoms with E-state index in [1.54, 1.807) is 0 Å². The van der Waals surface area contributed by atoms with Crippen molar-refractivity contribution in [1.29, 1.82) is 5.26 Å². The first-order valence-corrected chi connectivity index (χ1v) is 5.70. The summed E-state index contributed by atoms with van der Waals surface area (Å²) in [6.07, 6.45) is 0.282. The third kappa shape index (κ3) is 4.61. The monoisotopic (exact) mass is 211 g/mol. The number of rotatable bonds is 5. The number of likely N-dealkylation sites (N-methyl/N-ethyl adjacent to an activating group) is 1. The lowest BCUT2D eigenvalue weighted by Gasteiger charge is -2.32. The van der Waals surface area contributed by atoms with Crippen LogP contribution < -0.4 is 5.32 Å². The van der Waals surface area contributed by atoms with Crippen molar-refractivity contribution in [2.24, 2.45) is 5.92 Å². The van der Waals surface area contributed by atoms with Crippen molar-refractivity contribution in [2.75, 3.05) is 39.3 Å². The molecule has 0 bridgehead atoms. The van der Waals surface area contributed by atoms with Crippen molar-refractivity contribution in [3.8, 4) is 6.07 Å². The van der Waals surface area contributed by atoms with E-state index in [2.05, 4.69) is 23.2 Å². The van der Waals surface area contributed by atoms with Gasteiger partial charge in [0.2, 0.25) is 0 Å². The molecular formula is C11H21N3O. The average Bonchev–Trinajstić information content (AvgIpc) is 2.29. The highest BCUT2D eigenvalue weighted by Gasteiger charge is 2.18. The van der Waals surface area contributed by atoms with Crippen LogP contribution in [0, 0.1) is 17.2 Å². The van der Waals surface area contributed by atoms with Crippen molar-refractivity contribution in [3.63, 3.8) is 0 Å². The second-order valence-electron chi connectivity index (χ2n) is 4.07. The predicted molar refractivity (Wildman–Crippen MR) is 59.5 cm³/mol. The van der Waals surface area contributed by atoms with Gasteiger partial charge in [0.1, 0.15) is 0 Å². The highest BCUT2D eigenvalue weighted by atomic mass is 16.5. The minimum Gasteiger partial charge on any atom is -0.374 e. The van der Waals surface area contributed by atoms with Gasteiger partial charge in [-0.25, -0.2) is 0 Å². The van der Waals surface area contributed by atoms with E-state index < -0.39 is 0 Å². The molecule has 1 aliphatic heterocycles. The molecule has 2 atom stereocenters. The van der Waals surface area contributed by atoms with Gasteiger partial charge in [0.15, 0.2) is 0 Å². The van der Waals surface area contributed by atoms with Gasteiger partial charge >= 0.3 is 0 Å². The van der Waals surface area contributed by atoms with Gasteiger partial charge in [-0.2, -0.15) is 5.26 Å². The molecule has 4 heteroatoms. The molecule has 0 saturated carbocycles. The molecule has 0 aromatic heterocycles. The number of nitriles is 1.